The molecule has 1 heterocycles. The first kappa shape index (κ1) is 26.0. The minimum atomic E-state index is -0.327. The molecule has 1 fully saturated rings. The molecule has 4 rings (SSSR count). The van der Waals surface area contributed by atoms with Gasteiger partial charge in [0.2, 0.25) is 0 Å². The highest BCUT2D eigenvalue weighted by molar-refractivity contribution is 6.32. The molecule has 2 N–H and O–H groups in total. The van der Waals surface area contributed by atoms with Gasteiger partial charge in [-0.1, -0.05) is 29.8 Å². The van der Waals surface area contributed by atoms with Crippen LogP contribution in [0.1, 0.15) is 35.7 Å². The summed E-state index contributed by atoms with van der Waals surface area (Å²) in [5, 5.41) is 7.06. The molecule has 37 heavy (non-hydrogen) atoms. The molecular formula is C28H29ClN4O4. The van der Waals surface area contributed by atoms with E-state index >= 15 is 0 Å². The van der Waals surface area contributed by atoms with E-state index in [0.717, 1.165) is 18.8 Å². The number of para-hydroxylation sites is 1. The molecule has 1 aliphatic rings. The SMILES string of the molecule is CCOc1cc(/C=N\NC(=O)c2ccc(N3CCCC3)cc2)cc(Cl)c1OCC(=O)Nc1ccccc1. The molecule has 192 valence electrons. The van der Waals surface area contributed by atoms with Crippen LogP contribution in [0.5, 0.6) is 11.5 Å². The van der Waals surface area contributed by atoms with E-state index in [0.29, 0.717) is 29.2 Å². The summed E-state index contributed by atoms with van der Waals surface area (Å²) in [5.74, 6) is -0.0185. The van der Waals surface area contributed by atoms with E-state index in [1.54, 1.807) is 36.4 Å². The molecule has 0 radical (unpaired) electrons. The van der Waals surface area contributed by atoms with Crippen molar-refractivity contribution in [3.63, 3.8) is 0 Å². The van der Waals surface area contributed by atoms with Crippen LogP contribution in [-0.4, -0.2) is 44.3 Å². The molecular weight excluding hydrogens is 492 g/mol. The number of amides is 2. The Labute approximate surface area is 221 Å². The molecule has 3 aromatic rings. The maximum absolute atomic E-state index is 12.5. The maximum atomic E-state index is 12.5. The Bertz CT molecular complexity index is 1240. The molecule has 1 saturated heterocycles. The Kier molecular flexibility index (Phi) is 8.99. The summed E-state index contributed by atoms with van der Waals surface area (Å²) in [6.07, 6.45) is 3.86. The highest BCUT2D eigenvalue weighted by Crippen LogP contribution is 2.36. The number of nitrogens with one attached hydrogen (secondary N) is 2. The van der Waals surface area contributed by atoms with Crippen molar-refractivity contribution < 1.29 is 19.1 Å². The molecule has 0 spiro atoms. The predicted molar refractivity (Wildman–Crippen MR) is 146 cm³/mol. The van der Waals surface area contributed by atoms with Gasteiger partial charge in [-0.2, -0.15) is 5.10 Å². The lowest BCUT2D eigenvalue weighted by molar-refractivity contribution is -0.118. The quantitative estimate of drug-likeness (QED) is 0.286. The Morgan fingerprint density at radius 3 is 2.46 bits per heavy atom. The van der Waals surface area contributed by atoms with Crippen LogP contribution in [0.25, 0.3) is 0 Å². The van der Waals surface area contributed by atoms with E-state index in [4.69, 9.17) is 21.1 Å². The summed E-state index contributed by atoms with van der Waals surface area (Å²) < 4.78 is 11.3. The van der Waals surface area contributed by atoms with Crippen molar-refractivity contribution in [2.75, 3.05) is 36.5 Å². The lowest BCUT2D eigenvalue weighted by atomic mass is 10.2. The van der Waals surface area contributed by atoms with Crippen LogP contribution in [0.3, 0.4) is 0 Å². The summed E-state index contributed by atoms with van der Waals surface area (Å²) in [7, 11) is 0. The van der Waals surface area contributed by atoms with Gasteiger partial charge < -0.3 is 19.7 Å². The summed E-state index contributed by atoms with van der Waals surface area (Å²) >= 11 is 6.43. The predicted octanol–water partition coefficient (Wildman–Crippen LogP) is 5.12. The smallest absolute Gasteiger partial charge is 0.271 e. The number of anilines is 2. The van der Waals surface area contributed by atoms with Crippen LogP contribution in [0.4, 0.5) is 11.4 Å². The van der Waals surface area contributed by atoms with E-state index in [2.05, 4.69) is 20.7 Å². The van der Waals surface area contributed by atoms with Gasteiger partial charge in [-0.15, -0.1) is 0 Å². The van der Waals surface area contributed by atoms with E-state index in [-0.39, 0.29) is 29.2 Å². The van der Waals surface area contributed by atoms with Crippen LogP contribution in [0, 0.1) is 0 Å². The number of rotatable bonds is 10. The van der Waals surface area contributed by atoms with Crippen molar-refractivity contribution in [3.8, 4) is 11.5 Å². The first-order chi connectivity index (χ1) is 18.0. The number of ether oxygens (including phenoxy) is 2. The fourth-order valence-corrected chi connectivity index (χ4v) is 4.22. The summed E-state index contributed by atoms with van der Waals surface area (Å²) in [6, 6.07) is 19.9. The highest BCUT2D eigenvalue weighted by atomic mass is 35.5. The van der Waals surface area contributed by atoms with Crippen LogP contribution in [0.15, 0.2) is 71.8 Å². The Morgan fingerprint density at radius 2 is 1.76 bits per heavy atom. The molecule has 1 aliphatic heterocycles. The Morgan fingerprint density at radius 1 is 1.03 bits per heavy atom. The third-order valence-electron chi connectivity index (χ3n) is 5.72. The van der Waals surface area contributed by atoms with Crippen molar-refractivity contribution in [1.29, 1.82) is 0 Å². The number of hydrogen-bond acceptors (Lipinski definition) is 6. The van der Waals surface area contributed by atoms with Crippen molar-refractivity contribution in [1.82, 2.24) is 5.43 Å². The number of hydrazone groups is 1. The second-order valence-electron chi connectivity index (χ2n) is 8.41. The number of halogens is 1. The lowest BCUT2D eigenvalue weighted by Gasteiger charge is -2.17. The molecule has 2 amide bonds. The summed E-state index contributed by atoms with van der Waals surface area (Å²) in [6.45, 7) is 4.05. The third kappa shape index (κ3) is 7.24. The average Bonchev–Trinajstić information content (AvgIpc) is 3.44. The zero-order chi connectivity index (χ0) is 26.0. The number of hydrogen-bond donors (Lipinski definition) is 2. The van der Waals surface area contributed by atoms with E-state index < -0.39 is 0 Å². The monoisotopic (exact) mass is 520 g/mol. The normalized spacial score (nSPS) is 13.0. The van der Waals surface area contributed by atoms with Gasteiger partial charge in [-0.05, 0) is 73.9 Å². The minimum absolute atomic E-state index is 0.241. The molecule has 0 aromatic heterocycles. The lowest BCUT2D eigenvalue weighted by Crippen LogP contribution is -2.20. The summed E-state index contributed by atoms with van der Waals surface area (Å²) in [5.41, 5.74) is 5.44. The molecule has 3 aromatic carbocycles. The molecule has 0 saturated carbocycles. The van der Waals surface area contributed by atoms with Crippen LogP contribution in [0.2, 0.25) is 5.02 Å². The standard InChI is InChI=1S/C28H29ClN4O4/c1-2-36-25-17-20(16-24(29)27(25)37-19-26(34)31-22-8-4-3-5-9-22)18-30-32-28(35)21-10-12-23(13-11-21)33-14-6-7-15-33/h3-5,8-13,16-18H,2,6-7,14-15,19H2,1H3,(H,31,34)(H,32,35)/b30-18-. The fraction of sp³-hybridized carbons (Fsp3) is 0.250. The van der Waals surface area contributed by atoms with Gasteiger partial charge in [0.25, 0.3) is 11.8 Å². The second kappa shape index (κ2) is 12.8. The zero-order valence-electron chi connectivity index (χ0n) is 20.6. The van der Waals surface area contributed by atoms with Crippen LogP contribution >= 0.6 is 11.6 Å². The van der Waals surface area contributed by atoms with E-state index in [1.807, 2.05) is 37.3 Å². The number of benzene rings is 3. The number of nitrogens with zero attached hydrogens (tertiary/aromatic N) is 2. The molecule has 0 unspecified atom stereocenters. The zero-order valence-corrected chi connectivity index (χ0v) is 21.3. The molecule has 0 atom stereocenters. The molecule has 0 aliphatic carbocycles. The minimum Gasteiger partial charge on any atom is -0.490 e. The second-order valence-corrected chi connectivity index (χ2v) is 8.81. The van der Waals surface area contributed by atoms with Gasteiger partial charge in [0.1, 0.15) is 0 Å². The van der Waals surface area contributed by atoms with Gasteiger partial charge in [-0.25, -0.2) is 5.43 Å². The van der Waals surface area contributed by atoms with Gasteiger partial charge in [0.15, 0.2) is 18.1 Å². The first-order valence-corrected chi connectivity index (χ1v) is 12.5. The van der Waals surface area contributed by atoms with E-state index in [1.165, 1.54) is 19.1 Å². The first-order valence-electron chi connectivity index (χ1n) is 12.2. The summed E-state index contributed by atoms with van der Waals surface area (Å²) in [4.78, 5) is 27.1. The Balaban J connectivity index is 1.36. The van der Waals surface area contributed by atoms with Gasteiger partial charge in [-0.3, -0.25) is 9.59 Å². The van der Waals surface area contributed by atoms with Crippen molar-refractivity contribution >= 4 is 41.0 Å². The third-order valence-corrected chi connectivity index (χ3v) is 6.00. The van der Waals surface area contributed by atoms with Gasteiger partial charge >= 0.3 is 0 Å². The topological polar surface area (TPSA) is 92.3 Å². The van der Waals surface area contributed by atoms with Crippen molar-refractivity contribution in [2.24, 2.45) is 5.10 Å². The fourth-order valence-electron chi connectivity index (χ4n) is 3.95. The molecule has 9 heteroatoms. The van der Waals surface area contributed by atoms with Crippen molar-refractivity contribution in [2.45, 2.75) is 19.8 Å². The van der Waals surface area contributed by atoms with Crippen LogP contribution < -0.4 is 25.1 Å². The molecule has 0 bridgehead atoms. The maximum Gasteiger partial charge on any atom is 0.271 e. The largest absolute Gasteiger partial charge is 0.490 e. The number of carbonyl (C=O) groups excluding carboxylic acids is 2. The van der Waals surface area contributed by atoms with E-state index in [9.17, 15) is 9.59 Å². The molecule has 8 nitrogen and oxygen atoms in total. The van der Waals surface area contributed by atoms with Gasteiger partial charge in [0.05, 0.1) is 17.8 Å². The Hall–Kier alpha value is -4.04. The number of carbonyl (C=O) groups is 2. The van der Waals surface area contributed by atoms with Gasteiger partial charge in [0, 0.05) is 30.0 Å². The van der Waals surface area contributed by atoms with Crippen LogP contribution in [-0.2, 0) is 4.79 Å². The van der Waals surface area contributed by atoms with Crippen molar-refractivity contribution in [3.05, 3.63) is 82.9 Å². The average molecular weight is 521 g/mol. The highest BCUT2D eigenvalue weighted by Gasteiger charge is 2.15.